The Kier molecular flexibility index (Phi) is 7.52. The van der Waals surface area contributed by atoms with Gasteiger partial charge in [-0.05, 0) is 24.1 Å². The van der Waals surface area contributed by atoms with Crippen LogP contribution in [0.25, 0.3) is 0 Å². The number of carbonyl (C=O) groups is 1. The summed E-state index contributed by atoms with van der Waals surface area (Å²) in [5.41, 5.74) is 1.86. The van der Waals surface area contributed by atoms with Gasteiger partial charge in [0.25, 0.3) is 0 Å². The quantitative estimate of drug-likeness (QED) is 0.788. The minimum Gasteiger partial charge on any atom is -0.508 e. The van der Waals surface area contributed by atoms with E-state index < -0.39 is 0 Å². The third-order valence-electron chi connectivity index (χ3n) is 2.19. The van der Waals surface area contributed by atoms with E-state index in [1.807, 2.05) is 32.9 Å². The van der Waals surface area contributed by atoms with Gasteiger partial charge in [0.05, 0.1) is 0 Å². The van der Waals surface area contributed by atoms with Gasteiger partial charge in [-0.1, -0.05) is 39.5 Å². The van der Waals surface area contributed by atoms with E-state index >= 15 is 0 Å². The van der Waals surface area contributed by atoms with E-state index in [0.717, 1.165) is 17.5 Å². The molecular formula is C14H21NO2. The van der Waals surface area contributed by atoms with E-state index in [-0.39, 0.29) is 11.7 Å². The first-order chi connectivity index (χ1) is 8.17. The molecule has 0 heterocycles. The maximum absolute atomic E-state index is 10.9. The van der Waals surface area contributed by atoms with Crippen LogP contribution in [0.15, 0.2) is 30.9 Å². The SMILES string of the molecule is C=CC(=O)NCc1cc(CC)ccc1O.CC. The molecule has 1 aromatic rings. The molecule has 1 rings (SSSR count). The van der Waals surface area contributed by atoms with Gasteiger partial charge >= 0.3 is 0 Å². The van der Waals surface area contributed by atoms with Crippen LogP contribution in [0.3, 0.4) is 0 Å². The van der Waals surface area contributed by atoms with Crippen molar-refractivity contribution in [1.29, 1.82) is 0 Å². The van der Waals surface area contributed by atoms with E-state index in [4.69, 9.17) is 0 Å². The molecule has 0 aliphatic heterocycles. The molecule has 0 saturated heterocycles. The number of nitrogens with one attached hydrogen (secondary N) is 1. The fraction of sp³-hybridized carbons (Fsp3) is 0.357. The summed E-state index contributed by atoms with van der Waals surface area (Å²) in [6, 6.07) is 5.40. The second kappa shape index (κ2) is 8.39. The lowest BCUT2D eigenvalue weighted by Crippen LogP contribution is -2.20. The van der Waals surface area contributed by atoms with Crippen molar-refractivity contribution in [2.24, 2.45) is 0 Å². The fourth-order valence-electron chi connectivity index (χ4n) is 1.25. The summed E-state index contributed by atoms with van der Waals surface area (Å²) in [4.78, 5) is 10.9. The van der Waals surface area contributed by atoms with Crippen LogP contribution in [-0.2, 0) is 17.8 Å². The molecule has 0 spiro atoms. The molecule has 3 heteroatoms. The van der Waals surface area contributed by atoms with Crippen LogP contribution in [0.5, 0.6) is 5.75 Å². The highest BCUT2D eigenvalue weighted by Crippen LogP contribution is 2.18. The Hall–Kier alpha value is -1.77. The van der Waals surface area contributed by atoms with Crippen molar-refractivity contribution >= 4 is 5.91 Å². The van der Waals surface area contributed by atoms with Crippen molar-refractivity contribution < 1.29 is 9.90 Å². The van der Waals surface area contributed by atoms with E-state index in [9.17, 15) is 9.90 Å². The average molecular weight is 235 g/mol. The molecule has 17 heavy (non-hydrogen) atoms. The Morgan fingerprint density at radius 1 is 1.47 bits per heavy atom. The molecular weight excluding hydrogens is 214 g/mol. The maximum atomic E-state index is 10.9. The van der Waals surface area contributed by atoms with Crippen molar-refractivity contribution in [1.82, 2.24) is 5.32 Å². The number of hydrogen-bond donors (Lipinski definition) is 2. The second-order valence-corrected chi connectivity index (χ2v) is 3.24. The molecule has 1 amide bonds. The minimum atomic E-state index is -0.240. The zero-order valence-electron chi connectivity index (χ0n) is 10.8. The van der Waals surface area contributed by atoms with Gasteiger partial charge in [-0.15, -0.1) is 0 Å². The van der Waals surface area contributed by atoms with Crippen LogP contribution in [0.1, 0.15) is 31.9 Å². The van der Waals surface area contributed by atoms with Gasteiger partial charge in [0.1, 0.15) is 5.75 Å². The van der Waals surface area contributed by atoms with Crippen LogP contribution in [0.2, 0.25) is 0 Å². The Balaban J connectivity index is 0.00000121. The zero-order chi connectivity index (χ0) is 13.3. The Labute approximate surface area is 103 Å². The molecule has 0 aliphatic carbocycles. The molecule has 0 saturated carbocycles. The molecule has 0 fully saturated rings. The van der Waals surface area contributed by atoms with Gasteiger partial charge in [-0.2, -0.15) is 0 Å². The highest BCUT2D eigenvalue weighted by Gasteiger charge is 2.03. The van der Waals surface area contributed by atoms with Crippen LogP contribution in [0.4, 0.5) is 0 Å². The van der Waals surface area contributed by atoms with E-state index in [2.05, 4.69) is 11.9 Å². The van der Waals surface area contributed by atoms with Gasteiger partial charge in [-0.3, -0.25) is 4.79 Å². The number of amides is 1. The largest absolute Gasteiger partial charge is 0.508 e. The third-order valence-corrected chi connectivity index (χ3v) is 2.19. The number of rotatable bonds is 4. The highest BCUT2D eigenvalue weighted by molar-refractivity contribution is 5.86. The summed E-state index contributed by atoms with van der Waals surface area (Å²) < 4.78 is 0. The predicted octanol–water partition coefficient (Wildman–Crippen LogP) is 2.78. The standard InChI is InChI=1S/C12H15NO2.C2H6/c1-3-9-5-6-11(14)10(7-9)8-13-12(15)4-2;1-2/h4-7,14H,2-3,8H2,1H3,(H,13,15);1-2H3. The smallest absolute Gasteiger partial charge is 0.243 e. The number of aromatic hydroxyl groups is 1. The third kappa shape index (κ3) is 5.20. The molecule has 0 unspecified atom stereocenters. The topological polar surface area (TPSA) is 49.3 Å². The first-order valence-corrected chi connectivity index (χ1v) is 5.88. The lowest BCUT2D eigenvalue weighted by Gasteiger charge is -2.07. The second-order valence-electron chi connectivity index (χ2n) is 3.24. The molecule has 3 nitrogen and oxygen atoms in total. The molecule has 0 bridgehead atoms. The molecule has 1 aromatic carbocycles. The molecule has 0 radical (unpaired) electrons. The summed E-state index contributed by atoms with van der Waals surface area (Å²) >= 11 is 0. The van der Waals surface area contributed by atoms with Crippen LogP contribution in [-0.4, -0.2) is 11.0 Å². The van der Waals surface area contributed by atoms with Crippen LogP contribution >= 0.6 is 0 Å². The molecule has 94 valence electrons. The summed E-state index contributed by atoms with van der Waals surface area (Å²) in [5.74, 6) is -0.0344. The average Bonchev–Trinajstić information content (AvgIpc) is 2.39. The lowest BCUT2D eigenvalue weighted by atomic mass is 10.1. The van der Waals surface area contributed by atoms with Gasteiger partial charge < -0.3 is 10.4 Å². The van der Waals surface area contributed by atoms with E-state index in [0.29, 0.717) is 6.54 Å². The van der Waals surface area contributed by atoms with Gasteiger partial charge in [0.2, 0.25) is 5.91 Å². The summed E-state index contributed by atoms with van der Waals surface area (Å²) in [7, 11) is 0. The highest BCUT2D eigenvalue weighted by atomic mass is 16.3. The van der Waals surface area contributed by atoms with Crippen molar-refractivity contribution in [2.45, 2.75) is 33.7 Å². The Morgan fingerprint density at radius 2 is 2.12 bits per heavy atom. The normalized spacial score (nSPS) is 8.88. The molecule has 0 aliphatic rings. The van der Waals surface area contributed by atoms with E-state index in [1.165, 1.54) is 6.08 Å². The molecule has 0 atom stereocenters. The van der Waals surface area contributed by atoms with Gasteiger partial charge in [0.15, 0.2) is 0 Å². The maximum Gasteiger partial charge on any atom is 0.243 e. The number of hydrogen-bond acceptors (Lipinski definition) is 2. The molecule has 0 aromatic heterocycles. The number of phenolic OH excluding ortho intramolecular Hbond substituents is 1. The zero-order valence-corrected chi connectivity index (χ0v) is 10.8. The first kappa shape index (κ1) is 15.2. The molecule has 2 N–H and O–H groups in total. The van der Waals surface area contributed by atoms with Crippen molar-refractivity contribution in [2.75, 3.05) is 0 Å². The predicted molar refractivity (Wildman–Crippen MR) is 70.9 cm³/mol. The van der Waals surface area contributed by atoms with Crippen LogP contribution < -0.4 is 5.32 Å². The number of carbonyl (C=O) groups excluding carboxylic acids is 1. The lowest BCUT2D eigenvalue weighted by molar-refractivity contribution is -0.116. The van der Waals surface area contributed by atoms with Crippen molar-refractivity contribution in [3.8, 4) is 5.75 Å². The number of benzene rings is 1. The van der Waals surface area contributed by atoms with Gasteiger partial charge in [0, 0.05) is 12.1 Å². The summed E-state index contributed by atoms with van der Waals surface area (Å²) in [6.45, 7) is 9.72. The summed E-state index contributed by atoms with van der Waals surface area (Å²) in [6.07, 6.45) is 2.11. The summed E-state index contributed by atoms with van der Waals surface area (Å²) in [5, 5.41) is 12.2. The Morgan fingerprint density at radius 3 is 2.65 bits per heavy atom. The van der Waals surface area contributed by atoms with E-state index in [1.54, 1.807) is 6.07 Å². The van der Waals surface area contributed by atoms with Crippen LogP contribution in [0, 0.1) is 0 Å². The monoisotopic (exact) mass is 235 g/mol. The Bertz CT molecular complexity index is 372. The number of phenols is 1. The van der Waals surface area contributed by atoms with Crippen molar-refractivity contribution in [3.63, 3.8) is 0 Å². The minimum absolute atomic E-state index is 0.205. The van der Waals surface area contributed by atoms with Gasteiger partial charge in [-0.25, -0.2) is 0 Å². The number of aryl methyl sites for hydroxylation is 1. The first-order valence-electron chi connectivity index (χ1n) is 5.88. The fourth-order valence-corrected chi connectivity index (χ4v) is 1.25. The van der Waals surface area contributed by atoms with Crippen molar-refractivity contribution in [3.05, 3.63) is 42.0 Å².